The van der Waals surface area contributed by atoms with Crippen molar-refractivity contribution >= 4 is 11.8 Å². The van der Waals surface area contributed by atoms with E-state index in [4.69, 9.17) is 14.2 Å². The number of carbonyl (C=O) groups excluding carboxylic acids is 2. The van der Waals surface area contributed by atoms with Gasteiger partial charge >= 0.3 is 0 Å². The van der Waals surface area contributed by atoms with Crippen molar-refractivity contribution in [3.8, 4) is 17.2 Å². The van der Waals surface area contributed by atoms with E-state index in [2.05, 4.69) is 0 Å². The Balaban J connectivity index is 1.23. The summed E-state index contributed by atoms with van der Waals surface area (Å²) in [5.41, 5.74) is 1.01. The van der Waals surface area contributed by atoms with E-state index < -0.39 is 0 Å². The van der Waals surface area contributed by atoms with Crippen molar-refractivity contribution in [3.05, 3.63) is 53.6 Å². The molecule has 0 aromatic heterocycles. The predicted molar refractivity (Wildman–Crippen MR) is 103 cm³/mol. The third-order valence-corrected chi connectivity index (χ3v) is 5.16. The van der Waals surface area contributed by atoms with Crippen molar-refractivity contribution in [2.24, 2.45) is 0 Å². The molecule has 6 heteroatoms. The highest BCUT2D eigenvalue weighted by Gasteiger charge is 2.34. The molecular weight excluding hydrogens is 358 g/mol. The Hall–Kier alpha value is -3.02. The van der Waals surface area contributed by atoms with Crippen LogP contribution in [0, 0.1) is 0 Å². The Morgan fingerprint density at radius 3 is 2.46 bits per heavy atom. The van der Waals surface area contributed by atoms with Crippen LogP contribution >= 0.6 is 0 Å². The summed E-state index contributed by atoms with van der Waals surface area (Å²) in [6.45, 7) is 0.962. The van der Waals surface area contributed by atoms with Crippen LogP contribution < -0.4 is 14.2 Å². The van der Waals surface area contributed by atoms with Gasteiger partial charge in [0.1, 0.15) is 12.7 Å². The second-order valence-corrected chi connectivity index (χ2v) is 7.00. The summed E-state index contributed by atoms with van der Waals surface area (Å²) in [5, 5.41) is 0. The first-order valence-electron chi connectivity index (χ1n) is 9.60. The number of rotatable bonds is 7. The zero-order valence-electron chi connectivity index (χ0n) is 15.8. The molecule has 0 spiro atoms. The number of imide groups is 1. The number of fused-ring (bicyclic) bond motifs is 2. The molecule has 146 valence electrons. The minimum atomic E-state index is -0.187. The molecule has 1 atom stereocenters. The lowest BCUT2D eigenvalue weighted by Gasteiger charge is -2.27. The molecular formula is C22H23NO5. The minimum absolute atomic E-state index is 0.0249. The van der Waals surface area contributed by atoms with Crippen molar-refractivity contribution in [2.75, 3.05) is 20.3 Å². The van der Waals surface area contributed by atoms with Gasteiger partial charge in [-0.25, -0.2) is 0 Å². The Kier molecular flexibility index (Phi) is 5.19. The fraction of sp³-hybridized carbons (Fsp3) is 0.364. The van der Waals surface area contributed by atoms with Crippen LogP contribution in [0.15, 0.2) is 42.5 Å². The van der Waals surface area contributed by atoms with Gasteiger partial charge in [0.05, 0.1) is 18.2 Å². The molecule has 2 aliphatic rings. The van der Waals surface area contributed by atoms with Crippen molar-refractivity contribution in [1.29, 1.82) is 0 Å². The highest BCUT2D eigenvalue weighted by Crippen LogP contribution is 2.40. The largest absolute Gasteiger partial charge is 0.493 e. The first-order chi connectivity index (χ1) is 13.7. The lowest BCUT2D eigenvalue weighted by atomic mass is 10.1. The number of carbonyl (C=O) groups is 2. The summed E-state index contributed by atoms with van der Waals surface area (Å²) < 4.78 is 17.2. The van der Waals surface area contributed by atoms with E-state index in [0.29, 0.717) is 41.5 Å². The van der Waals surface area contributed by atoms with E-state index in [0.717, 1.165) is 25.7 Å². The molecule has 0 radical (unpaired) electrons. The number of hydrogen-bond acceptors (Lipinski definition) is 5. The van der Waals surface area contributed by atoms with Crippen LogP contribution in [0.3, 0.4) is 0 Å². The third-order valence-electron chi connectivity index (χ3n) is 5.16. The minimum Gasteiger partial charge on any atom is -0.493 e. The normalized spacial score (nSPS) is 17.6. The van der Waals surface area contributed by atoms with Gasteiger partial charge in [-0.2, -0.15) is 0 Å². The van der Waals surface area contributed by atoms with E-state index in [1.54, 1.807) is 31.4 Å². The van der Waals surface area contributed by atoms with Gasteiger partial charge in [0.2, 0.25) is 5.75 Å². The highest BCUT2D eigenvalue weighted by atomic mass is 16.6. The maximum absolute atomic E-state index is 12.4. The molecule has 0 saturated carbocycles. The Bertz CT molecular complexity index is 845. The number of methoxy groups -OCH3 is 1. The Morgan fingerprint density at radius 2 is 1.75 bits per heavy atom. The van der Waals surface area contributed by atoms with E-state index in [1.807, 2.05) is 18.2 Å². The second-order valence-electron chi connectivity index (χ2n) is 7.00. The summed E-state index contributed by atoms with van der Waals surface area (Å²) in [6, 6.07) is 12.6. The summed E-state index contributed by atoms with van der Waals surface area (Å²) in [6.07, 6.45) is 3.44. The summed E-state index contributed by atoms with van der Waals surface area (Å²) in [5.74, 6) is 1.67. The molecule has 0 fully saturated rings. The van der Waals surface area contributed by atoms with Crippen molar-refractivity contribution < 1.29 is 23.8 Å². The zero-order valence-corrected chi connectivity index (χ0v) is 15.8. The van der Waals surface area contributed by atoms with Crippen LogP contribution in [0.4, 0.5) is 0 Å². The number of hydrogen-bond donors (Lipinski definition) is 0. The molecule has 2 aromatic carbocycles. The molecule has 4 rings (SSSR count). The summed E-state index contributed by atoms with van der Waals surface area (Å²) >= 11 is 0. The quantitative estimate of drug-likeness (QED) is 0.541. The fourth-order valence-electron chi connectivity index (χ4n) is 3.67. The van der Waals surface area contributed by atoms with Crippen LogP contribution in [0.5, 0.6) is 17.2 Å². The van der Waals surface area contributed by atoms with Crippen LogP contribution in [-0.4, -0.2) is 43.1 Å². The van der Waals surface area contributed by atoms with E-state index in [1.165, 1.54) is 4.90 Å². The molecule has 2 aliphatic heterocycles. The van der Waals surface area contributed by atoms with Gasteiger partial charge in [-0.3, -0.25) is 14.5 Å². The maximum atomic E-state index is 12.4. The number of ether oxygens (including phenoxy) is 3. The second kappa shape index (κ2) is 7.92. The Labute approximate surface area is 164 Å². The molecule has 0 aliphatic carbocycles. The zero-order chi connectivity index (χ0) is 19.5. The average molecular weight is 381 g/mol. The lowest BCUT2D eigenvalue weighted by molar-refractivity contribution is 0.0647. The maximum Gasteiger partial charge on any atom is 0.261 e. The van der Waals surface area contributed by atoms with E-state index in [-0.39, 0.29) is 17.9 Å². The van der Waals surface area contributed by atoms with Crippen LogP contribution in [0.1, 0.15) is 46.4 Å². The van der Waals surface area contributed by atoms with E-state index >= 15 is 0 Å². The Morgan fingerprint density at radius 1 is 1.00 bits per heavy atom. The number of unbranched alkanes of at least 4 members (excludes halogenated alkanes) is 2. The van der Waals surface area contributed by atoms with Gasteiger partial charge < -0.3 is 14.2 Å². The van der Waals surface area contributed by atoms with Crippen molar-refractivity contribution in [1.82, 2.24) is 4.90 Å². The van der Waals surface area contributed by atoms with Gasteiger partial charge in [-0.1, -0.05) is 24.6 Å². The number of nitrogens with zero attached hydrogens (tertiary/aromatic N) is 1. The monoisotopic (exact) mass is 381 g/mol. The highest BCUT2D eigenvalue weighted by molar-refractivity contribution is 6.21. The van der Waals surface area contributed by atoms with Crippen LogP contribution in [0.25, 0.3) is 0 Å². The summed E-state index contributed by atoms with van der Waals surface area (Å²) in [7, 11) is 1.61. The molecule has 1 unspecified atom stereocenters. The fourth-order valence-corrected chi connectivity index (χ4v) is 3.67. The predicted octanol–water partition coefficient (Wildman–Crippen LogP) is 3.69. The molecule has 6 nitrogen and oxygen atoms in total. The van der Waals surface area contributed by atoms with E-state index in [9.17, 15) is 9.59 Å². The molecule has 28 heavy (non-hydrogen) atoms. The summed E-state index contributed by atoms with van der Waals surface area (Å²) in [4.78, 5) is 26.1. The average Bonchev–Trinajstić information content (AvgIpc) is 2.98. The SMILES string of the molecule is COc1cccc2c1OC(CCCCCN1C(=O)c3ccccc3C1=O)CO2. The number of benzene rings is 2. The van der Waals surface area contributed by atoms with Crippen LogP contribution in [0.2, 0.25) is 0 Å². The lowest BCUT2D eigenvalue weighted by Crippen LogP contribution is -2.31. The molecule has 2 amide bonds. The van der Waals surface area contributed by atoms with Crippen molar-refractivity contribution in [2.45, 2.75) is 31.8 Å². The van der Waals surface area contributed by atoms with Crippen molar-refractivity contribution in [3.63, 3.8) is 0 Å². The van der Waals surface area contributed by atoms with Gasteiger partial charge in [0.15, 0.2) is 11.5 Å². The number of para-hydroxylation sites is 1. The van der Waals surface area contributed by atoms with Crippen LogP contribution in [-0.2, 0) is 0 Å². The molecule has 0 bridgehead atoms. The molecule has 2 heterocycles. The van der Waals surface area contributed by atoms with Gasteiger partial charge in [-0.15, -0.1) is 0 Å². The first kappa shape index (κ1) is 18.3. The van der Waals surface area contributed by atoms with Gasteiger partial charge in [0.25, 0.3) is 11.8 Å². The topological polar surface area (TPSA) is 65.1 Å². The first-order valence-corrected chi connectivity index (χ1v) is 9.60. The molecule has 0 saturated heterocycles. The smallest absolute Gasteiger partial charge is 0.261 e. The van der Waals surface area contributed by atoms with Gasteiger partial charge in [0, 0.05) is 6.54 Å². The molecule has 0 N–H and O–H groups in total. The number of amides is 2. The van der Waals surface area contributed by atoms with Gasteiger partial charge in [-0.05, 0) is 43.5 Å². The molecule has 2 aromatic rings. The standard InChI is InChI=1S/C22H23NO5/c1-26-18-11-7-12-19-20(18)28-15(14-27-19)8-3-2-6-13-23-21(24)16-9-4-5-10-17(16)22(23)25/h4-5,7,9-12,15H,2-3,6,8,13-14H2,1H3. The third kappa shape index (κ3) is 3.42.